The molecule has 20 heavy (non-hydrogen) atoms. The van der Waals surface area contributed by atoms with Crippen molar-refractivity contribution in [3.05, 3.63) is 48.1 Å². The Morgan fingerprint density at radius 2 is 1.75 bits per heavy atom. The number of hydrogen-bond acceptors (Lipinski definition) is 2. The van der Waals surface area contributed by atoms with Crippen molar-refractivity contribution < 1.29 is 27.1 Å². The number of carbonyl (C=O) groups excluding carboxylic acids is 1. The highest BCUT2D eigenvalue weighted by molar-refractivity contribution is 5.66. The van der Waals surface area contributed by atoms with E-state index in [0.717, 1.165) is 5.56 Å². The van der Waals surface area contributed by atoms with Crippen LogP contribution >= 0.6 is 0 Å². The molecule has 0 atom stereocenters. The van der Waals surface area contributed by atoms with Crippen molar-refractivity contribution in [2.24, 2.45) is 0 Å². The van der Waals surface area contributed by atoms with Gasteiger partial charge in [0, 0.05) is 0 Å². The Morgan fingerprint density at radius 1 is 1.10 bits per heavy atom. The molecule has 0 saturated heterocycles. The van der Waals surface area contributed by atoms with Gasteiger partial charge in [0.15, 0.2) is 6.61 Å². The van der Waals surface area contributed by atoms with Gasteiger partial charge >= 0.3 is 12.3 Å². The Kier molecular flexibility index (Phi) is 5.96. The maximum atomic E-state index is 12.6. The van der Waals surface area contributed by atoms with Crippen molar-refractivity contribution in [2.75, 3.05) is 6.61 Å². The summed E-state index contributed by atoms with van der Waals surface area (Å²) in [5, 5.41) is 0. The van der Waals surface area contributed by atoms with Crippen LogP contribution < -0.4 is 4.74 Å². The third-order valence-corrected chi connectivity index (χ3v) is 2.22. The molecule has 0 amide bonds. The molecule has 0 radical (unpaired) electrons. The summed E-state index contributed by atoms with van der Waals surface area (Å²) in [7, 11) is 0. The first kappa shape index (κ1) is 15.9. The van der Waals surface area contributed by atoms with Gasteiger partial charge in [0.05, 0.1) is 0 Å². The van der Waals surface area contributed by atoms with Crippen LogP contribution in [0.3, 0.4) is 0 Å². The number of aldehydes is 1. The largest absolute Gasteiger partial charge is 0.487 e. The Labute approximate surface area is 113 Å². The van der Waals surface area contributed by atoms with Gasteiger partial charge in [0.2, 0.25) is 0 Å². The van der Waals surface area contributed by atoms with E-state index in [0.29, 0.717) is 6.29 Å². The van der Waals surface area contributed by atoms with Crippen molar-refractivity contribution in [1.29, 1.82) is 0 Å². The van der Waals surface area contributed by atoms with Gasteiger partial charge in [-0.1, -0.05) is 30.4 Å². The molecule has 0 aromatic heterocycles. The van der Waals surface area contributed by atoms with Gasteiger partial charge in [-0.05, 0) is 23.8 Å². The van der Waals surface area contributed by atoms with Gasteiger partial charge in [-0.3, -0.25) is 4.79 Å². The molecular weight excluding hydrogens is 276 g/mol. The lowest BCUT2D eigenvalue weighted by atomic mass is 10.2. The molecule has 0 N–H and O–H groups in total. The number of rotatable bonds is 7. The van der Waals surface area contributed by atoms with Crippen LogP contribution in [-0.4, -0.2) is 25.2 Å². The molecule has 1 rings (SSSR count). The zero-order valence-electron chi connectivity index (χ0n) is 10.3. The molecule has 0 aliphatic carbocycles. The van der Waals surface area contributed by atoms with E-state index in [1.165, 1.54) is 24.3 Å². The smallest absolute Gasteiger partial charge is 0.340 e. The van der Waals surface area contributed by atoms with Crippen molar-refractivity contribution in [1.82, 2.24) is 0 Å². The predicted octanol–water partition coefficient (Wildman–Crippen LogP) is 3.73. The van der Waals surface area contributed by atoms with Crippen LogP contribution in [0.5, 0.6) is 5.75 Å². The quantitative estimate of drug-likeness (QED) is 0.331. The predicted molar refractivity (Wildman–Crippen MR) is 67.1 cm³/mol. The molecule has 108 valence electrons. The lowest BCUT2D eigenvalue weighted by Crippen LogP contribution is -2.33. The highest BCUT2D eigenvalue weighted by Crippen LogP contribution is 2.24. The summed E-state index contributed by atoms with van der Waals surface area (Å²) in [6.07, 6.45) is 3.01. The molecule has 0 aliphatic rings. The van der Waals surface area contributed by atoms with E-state index in [2.05, 4.69) is 4.74 Å². The molecule has 6 heteroatoms. The molecular formula is C14H12F4O2. The maximum Gasteiger partial charge on any atom is 0.340 e. The SMILES string of the molecule is O=CC=CC=Cc1ccc(OCC(F)(F)C(F)F)cc1. The number of alkyl halides is 4. The Balaban J connectivity index is 2.57. The molecule has 1 aromatic carbocycles. The van der Waals surface area contributed by atoms with E-state index < -0.39 is 19.0 Å². The number of allylic oxidation sites excluding steroid dienone is 3. The fraction of sp³-hybridized carbons (Fsp3) is 0.214. The highest BCUT2D eigenvalue weighted by atomic mass is 19.3. The van der Waals surface area contributed by atoms with Gasteiger partial charge in [0.1, 0.15) is 12.0 Å². The van der Waals surface area contributed by atoms with Crippen LogP contribution in [-0.2, 0) is 4.79 Å². The number of carbonyl (C=O) groups is 1. The van der Waals surface area contributed by atoms with E-state index in [1.54, 1.807) is 24.3 Å². The second-order valence-electron chi connectivity index (χ2n) is 3.80. The standard InChI is InChI=1S/C14H12F4O2/c15-13(16)14(17,18)10-20-12-7-5-11(6-8-12)4-2-1-3-9-19/h1-9,13H,10H2. The monoisotopic (exact) mass is 288 g/mol. The Bertz CT molecular complexity index is 478. The van der Waals surface area contributed by atoms with Crippen molar-refractivity contribution in [3.8, 4) is 5.75 Å². The number of benzene rings is 1. The van der Waals surface area contributed by atoms with Crippen LogP contribution in [0, 0.1) is 0 Å². The molecule has 0 spiro atoms. The average molecular weight is 288 g/mol. The Hall–Kier alpha value is -2.11. The van der Waals surface area contributed by atoms with Gasteiger partial charge in [-0.2, -0.15) is 8.78 Å². The van der Waals surface area contributed by atoms with Crippen LogP contribution in [0.15, 0.2) is 42.5 Å². The minimum absolute atomic E-state index is 0.0749. The van der Waals surface area contributed by atoms with Gasteiger partial charge in [0.25, 0.3) is 0 Å². The molecule has 0 aliphatic heterocycles. The summed E-state index contributed by atoms with van der Waals surface area (Å²) < 4.78 is 53.7. The fourth-order valence-electron chi connectivity index (χ4n) is 1.19. The normalized spacial score (nSPS) is 12.4. The van der Waals surface area contributed by atoms with Crippen LogP contribution in [0.2, 0.25) is 0 Å². The van der Waals surface area contributed by atoms with Gasteiger partial charge in [-0.25, -0.2) is 8.78 Å². The number of hydrogen-bond donors (Lipinski definition) is 0. The van der Waals surface area contributed by atoms with Gasteiger partial charge < -0.3 is 4.74 Å². The second-order valence-corrected chi connectivity index (χ2v) is 3.80. The first-order valence-electron chi connectivity index (χ1n) is 5.63. The van der Waals surface area contributed by atoms with Crippen LogP contribution in [0.4, 0.5) is 17.6 Å². The molecule has 0 heterocycles. The Morgan fingerprint density at radius 3 is 2.30 bits per heavy atom. The van der Waals surface area contributed by atoms with Gasteiger partial charge in [-0.15, -0.1) is 0 Å². The molecule has 1 aromatic rings. The number of halogens is 4. The summed E-state index contributed by atoms with van der Waals surface area (Å²) in [6, 6.07) is 5.93. The number of ether oxygens (including phenoxy) is 1. The molecule has 0 fully saturated rings. The van der Waals surface area contributed by atoms with E-state index >= 15 is 0 Å². The zero-order chi connectivity index (χ0) is 15.0. The average Bonchev–Trinajstić information content (AvgIpc) is 2.42. The van der Waals surface area contributed by atoms with Crippen LogP contribution in [0.1, 0.15) is 5.56 Å². The topological polar surface area (TPSA) is 26.3 Å². The minimum Gasteiger partial charge on any atom is -0.487 e. The summed E-state index contributed by atoms with van der Waals surface area (Å²) in [4.78, 5) is 10.0. The zero-order valence-corrected chi connectivity index (χ0v) is 10.3. The summed E-state index contributed by atoms with van der Waals surface area (Å²) in [5.74, 6) is -4.09. The van der Waals surface area contributed by atoms with Crippen molar-refractivity contribution >= 4 is 12.4 Å². The van der Waals surface area contributed by atoms with E-state index in [1.807, 2.05) is 0 Å². The summed E-state index contributed by atoms with van der Waals surface area (Å²) in [5.41, 5.74) is 0.744. The summed E-state index contributed by atoms with van der Waals surface area (Å²) in [6.45, 7) is -1.37. The van der Waals surface area contributed by atoms with E-state index in [4.69, 9.17) is 0 Å². The summed E-state index contributed by atoms with van der Waals surface area (Å²) >= 11 is 0. The third kappa shape index (κ3) is 5.26. The lowest BCUT2D eigenvalue weighted by molar-refractivity contribution is -0.148. The molecule has 0 bridgehead atoms. The fourth-order valence-corrected chi connectivity index (χ4v) is 1.19. The molecule has 0 unspecified atom stereocenters. The van der Waals surface area contributed by atoms with Crippen LogP contribution in [0.25, 0.3) is 6.08 Å². The minimum atomic E-state index is -4.17. The second kappa shape index (κ2) is 7.47. The van der Waals surface area contributed by atoms with Crippen molar-refractivity contribution in [3.63, 3.8) is 0 Å². The molecule has 0 saturated carbocycles. The van der Waals surface area contributed by atoms with E-state index in [-0.39, 0.29) is 5.75 Å². The maximum absolute atomic E-state index is 12.6. The van der Waals surface area contributed by atoms with Crippen molar-refractivity contribution in [2.45, 2.75) is 12.3 Å². The first-order chi connectivity index (χ1) is 9.45. The third-order valence-electron chi connectivity index (χ3n) is 2.22. The first-order valence-corrected chi connectivity index (χ1v) is 5.63. The lowest BCUT2D eigenvalue weighted by Gasteiger charge is -2.15. The highest BCUT2D eigenvalue weighted by Gasteiger charge is 2.41. The molecule has 2 nitrogen and oxygen atoms in total. The van der Waals surface area contributed by atoms with E-state index in [9.17, 15) is 22.4 Å².